The highest BCUT2D eigenvalue weighted by molar-refractivity contribution is 5.86. The average Bonchev–Trinajstić information content (AvgIpc) is 2.76. The third-order valence-corrected chi connectivity index (χ3v) is 3.88. The highest BCUT2D eigenvalue weighted by Gasteiger charge is 2.59. The molecule has 1 saturated carbocycles. The van der Waals surface area contributed by atoms with E-state index in [1.54, 1.807) is 0 Å². The zero-order valence-corrected chi connectivity index (χ0v) is 9.39. The molecular weight excluding hydrogens is 200 g/mol. The summed E-state index contributed by atoms with van der Waals surface area (Å²) in [7, 11) is 0. The highest BCUT2D eigenvalue weighted by atomic mass is 16.2. The van der Waals surface area contributed by atoms with Crippen LogP contribution in [-0.4, -0.2) is 23.4 Å². The maximum Gasteiger partial charge on any atom is 0.227 e. The number of rotatable bonds is 2. The smallest absolute Gasteiger partial charge is 0.227 e. The molecule has 3 atom stereocenters. The van der Waals surface area contributed by atoms with E-state index in [0.29, 0.717) is 5.92 Å². The lowest BCUT2D eigenvalue weighted by Crippen LogP contribution is -2.32. The number of hydrogen-bond acceptors (Lipinski definition) is 2. The van der Waals surface area contributed by atoms with E-state index < -0.39 is 0 Å². The Bertz CT molecular complexity index is 443. The number of nitrogens with zero attached hydrogens (tertiary/aromatic N) is 1. The molecule has 1 aromatic rings. The number of likely N-dealkylation sites (tertiary alicyclic amines) is 1. The number of hydrogen-bond donors (Lipinski definition) is 1. The predicted molar refractivity (Wildman–Crippen MR) is 61.6 cm³/mol. The first-order valence-corrected chi connectivity index (χ1v) is 5.77. The van der Waals surface area contributed by atoms with Gasteiger partial charge in [0.1, 0.15) is 0 Å². The van der Waals surface area contributed by atoms with E-state index in [4.69, 9.17) is 5.73 Å². The molecule has 16 heavy (non-hydrogen) atoms. The molecule has 3 rings (SSSR count). The van der Waals surface area contributed by atoms with Crippen LogP contribution in [0.3, 0.4) is 0 Å². The van der Waals surface area contributed by atoms with Gasteiger partial charge in [-0.15, -0.1) is 0 Å². The van der Waals surface area contributed by atoms with Crippen LogP contribution in [0.5, 0.6) is 0 Å². The summed E-state index contributed by atoms with van der Waals surface area (Å²) in [5.74, 6) is 0.807. The van der Waals surface area contributed by atoms with Crippen molar-refractivity contribution in [1.29, 1.82) is 0 Å². The first-order valence-electron chi connectivity index (χ1n) is 5.77. The summed E-state index contributed by atoms with van der Waals surface area (Å²) in [5, 5.41) is 0. The van der Waals surface area contributed by atoms with E-state index >= 15 is 0 Å². The van der Waals surface area contributed by atoms with Gasteiger partial charge in [-0.05, 0) is 18.1 Å². The van der Waals surface area contributed by atoms with Crippen LogP contribution in [0.25, 0.3) is 0 Å². The summed E-state index contributed by atoms with van der Waals surface area (Å²) >= 11 is 0. The zero-order valence-electron chi connectivity index (χ0n) is 9.39. The second-order valence-corrected chi connectivity index (χ2v) is 4.91. The molecule has 1 heterocycles. The predicted octanol–water partition coefficient (Wildman–Crippen LogP) is 0.911. The Morgan fingerprint density at radius 3 is 2.81 bits per heavy atom. The van der Waals surface area contributed by atoms with Gasteiger partial charge < -0.3 is 10.6 Å². The summed E-state index contributed by atoms with van der Waals surface area (Å²) in [6, 6.07) is 8.36. The van der Waals surface area contributed by atoms with Crippen LogP contribution >= 0.6 is 0 Å². The summed E-state index contributed by atoms with van der Waals surface area (Å²) in [6.45, 7) is 3.67. The Hall–Kier alpha value is -1.35. The number of piperidine rings is 1. The number of nitrogens with two attached hydrogens (primary N) is 1. The Balaban J connectivity index is 1.73. The molecule has 1 amide bonds. The van der Waals surface area contributed by atoms with Gasteiger partial charge in [0, 0.05) is 25.0 Å². The summed E-state index contributed by atoms with van der Waals surface area (Å²) in [6.07, 6.45) is 0. The zero-order chi connectivity index (χ0) is 11.3. The van der Waals surface area contributed by atoms with E-state index in [9.17, 15) is 4.79 Å². The second kappa shape index (κ2) is 3.32. The molecule has 1 saturated heterocycles. The minimum Gasteiger partial charge on any atom is -0.338 e. The fourth-order valence-electron chi connectivity index (χ4n) is 2.67. The topological polar surface area (TPSA) is 46.3 Å². The van der Waals surface area contributed by atoms with Crippen LogP contribution in [0, 0.1) is 18.8 Å². The lowest BCUT2D eigenvalue weighted by molar-refractivity contribution is -0.130. The van der Waals surface area contributed by atoms with Crippen LogP contribution < -0.4 is 5.73 Å². The molecule has 2 N–H and O–H groups in total. The monoisotopic (exact) mass is 216 g/mol. The van der Waals surface area contributed by atoms with E-state index in [1.807, 2.05) is 17.0 Å². The molecule has 0 radical (unpaired) electrons. The number of aryl methyl sites for hydroxylation is 1. The van der Waals surface area contributed by atoms with Crippen molar-refractivity contribution in [2.24, 2.45) is 17.6 Å². The van der Waals surface area contributed by atoms with Crippen molar-refractivity contribution in [3.63, 3.8) is 0 Å². The maximum atomic E-state index is 11.9. The molecule has 0 spiro atoms. The average molecular weight is 216 g/mol. The number of carbonyl (C=O) groups excluding carboxylic acids is 1. The fourth-order valence-corrected chi connectivity index (χ4v) is 2.67. The standard InChI is InChI=1S/C13H16N2O/c1-8-4-2-3-5-9(8)6-15-7-10-11(12(10)14)13(15)16/h2-5,10-12H,6-7,14H2,1H3. The van der Waals surface area contributed by atoms with Crippen LogP contribution in [0.15, 0.2) is 24.3 Å². The van der Waals surface area contributed by atoms with Gasteiger partial charge in [-0.2, -0.15) is 0 Å². The van der Waals surface area contributed by atoms with Gasteiger partial charge in [0.2, 0.25) is 5.91 Å². The van der Waals surface area contributed by atoms with Crippen molar-refractivity contribution in [2.45, 2.75) is 19.5 Å². The van der Waals surface area contributed by atoms with Gasteiger partial charge in [0.15, 0.2) is 0 Å². The van der Waals surface area contributed by atoms with Crippen molar-refractivity contribution in [3.8, 4) is 0 Å². The van der Waals surface area contributed by atoms with Crippen molar-refractivity contribution in [2.75, 3.05) is 6.54 Å². The lowest BCUT2D eigenvalue weighted by atomic mass is 10.1. The molecule has 0 bridgehead atoms. The Labute approximate surface area is 95.2 Å². The molecule has 3 heteroatoms. The van der Waals surface area contributed by atoms with E-state index in [2.05, 4.69) is 19.1 Å². The maximum absolute atomic E-state index is 11.9. The molecular formula is C13H16N2O. The number of benzene rings is 1. The Kier molecular flexibility index (Phi) is 2.04. The van der Waals surface area contributed by atoms with E-state index in [0.717, 1.165) is 13.1 Å². The quantitative estimate of drug-likeness (QED) is 0.798. The van der Waals surface area contributed by atoms with Crippen molar-refractivity contribution in [1.82, 2.24) is 4.90 Å². The molecule has 84 valence electrons. The first-order chi connectivity index (χ1) is 7.68. The highest BCUT2D eigenvalue weighted by Crippen LogP contribution is 2.45. The molecule has 1 aromatic carbocycles. The lowest BCUT2D eigenvalue weighted by Gasteiger charge is -2.20. The molecule has 0 aromatic heterocycles. The normalized spacial score (nSPS) is 31.8. The Morgan fingerprint density at radius 1 is 1.44 bits per heavy atom. The van der Waals surface area contributed by atoms with Crippen molar-refractivity contribution < 1.29 is 4.79 Å². The van der Waals surface area contributed by atoms with Gasteiger partial charge in [0.25, 0.3) is 0 Å². The molecule has 1 aliphatic carbocycles. The SMILES string of the molecule is Cc1ccccc1CN1CC2C(N)C2C1=O. The summed E-state index contributed by atoms with van der Waals surface area (Å²) < 4.78 is 0. The molecule has 2 fully saturated rings. The molecule has 2 aliphatic rings. The van der Waals surface area contributed by atoms with Gasteiger partial charge in [-0.1, -0.05) is 24.3 Å². The third kappa shape index (κ3) is 1.35. The van der Waals surface area contributed by atoms with Gasteiger partial charge in [-0.25, -0.2) is 0 Å². The Morgan fingerprint density at radius 2 is 2.19 bits per heavy atom. The third-order valence-electron chi connectivity index (χ3n) is 3.88. The molecule has 3 unspecified atom stereocenters. The number of carbonyl (C=O) groups is 1. The fraction of sp³-hybridized carbons (Fsp3) is 0.462. The van der Waals surface area contributed by atoms with Gasteiger partial charge in [0.05, 0.1) is 5.92 Å². The minimum absolute atomic E-state index is 0.129. The van der Waals surface area contributed by atoms with E-state index in [-0.39, 0.29) is 17.9 Å². The number of amides is 1. The summed E-state index contributed by atoms with van der Waals surface area (Å²) in [5.41, 5.74) is 8.29. The molecule has 1 aliphatic heterocycles. The van der Waals surface area contributed by atoms with Crippen molar-refractivity contribution >= 4 is 5.91 Å². The van der Waals surface area contributed by atoms with E-state index in [1.165, 1.54) is 11.1 Å². The van der Waals surface area contributed by atoms with Gasteiger partial charge >= 0.3 is 0 Å². The second-order valence-electron chi connectivity index (χ2n) is 4.91. The number of fused-ring (bicyclic) bond motifs is 1. The molecule has 3 nitrogen and oxygen atoms in total. The van der Waals surface area contributed by atoms with Crippen LogP contribution in [0.2, 0.25) is 0 Å². The largest absolute Gasteiger partial charge is 0.338 e. The van der Waals surface area contributed by atoms with Crippen LogP contribution in [-0.2, 0) is 11.3 Å². The van der Waals surface area contributed by atoms with Crippen molar-refractivity contribution in [3.05, 3.63) is 35.4 Å². The van der Waals surface area contributed by atoms with Gasteiger partial charge in [-0.3, -0.25) is 4.79 Å². The van der Waals surface area contributed by atoms with Crippen LogP contribution in [0.1, 0.15) is 11.1 Å². The first kappa shape index (κ1) is 9.85. The summed E-state index contributed by atoms with van der Waals surface area (Å²) in [4.78, 5) is 13.9. The minimum atomic E-state index is 0.129. The van der Waals surface area contributed by atoms with Crippen LogP contribution in [0.4, 0.5) is 0 Å².